The van der Waals surface area contributed by atoms with E-state index in [1.165, 1.54) is 63.5 Å². The highest BCUT2D eigenvalue weighted by atomic mass is 35.5. The van der Waals surface area contributed by atoms with Crippen molar-refractivity contribution in [3.8, 4) is 92.0 Å². The smallest absolute Gasteiger partial charge is 0.207 e. The summed E-state index contributed by atoms with van der Waals surface area (Å²) in [6, 6.07) is 67.4. The molecule has 0 bridgehead atoms. The monoisotopic (exact) mass is 2120 g/mol. The molecule has 12 aromatic carbocycles. The van der Waals surface area contributed by atoms with Gasteiger partial charge in [0, 0.05) is 175 Å². The van der Waals surface area contributed by atoms with Crippen molar-refractivity contribution in [1.82, 2.24) is 19.6 Å². The zero-order chi connectivity index (χ0) is 104. The largest absolute Gasteiger partial charge is 0.508 e. The maximum Gasteiger partial charge on any atom is 0.207 e. The second kappa shape index (κ2) is 48.9. The quantitative estimate of drug-likeness (QED) is 0.0159. The molecule has 4 N–H and O–H groups in total. The summed E-state index contributed by atoms with van der Waals surface area (Å²) >= 11 is 17.4. The van der Waals surface area contributed by atoms with Gasteiger partial charge in [-0.25, -0.2) is 4.39 Å². The average Bonchev–Trinajstić information content (AvgIpc) is 1.60. The van der Waals surface area contributed by atoms with E-state index in [1.54, 1.807) is 134 Å². The summed E-state index contributed by atoms with van der Waals surface area (Å²) in [5.41, 5.74) is 7.22. The summed E-state index contributed by atoms with van der Waals surface area (Å²) in [5.74, 6) is 7.03. The normalized spacial score (nSPS) is 14.0. The molecular formula is C117H111Cl2F5N4O16S4. The van der Waals surface area contributed by atoms with Gasteiger partial charge in [-0.1, -0.05) is 47.0 Å². The third-order valence-electron chi connectivity index (χ3n) is 26.1. The summed E-state index contributed by atoms with van der Waals surface area (Å²) in [6.07, 6.45) is 2.61. The first-order valence-electron chi connectivity index (χ1n) is 48.9. The molecule has 0 amide bonds. The maximum absolute atomic E-state index is 13.8. The molecule has 31 heteroatoms. The number of thiophene rings is 4. The number of ether oxygens (including phenoxy) is 8. The average molecular weight is 2120 g/mol. The van der Waals surface area contributed by atoms with Crippen molar-refractivity contribution in [2.24, 2.45) is 23.7 Å². The van der Waals surface area contributed by atoms with E-state index in [1.807, 2.05) is 126 Å². The zero-order valence-corrected chi connectivity index (χ0v) is 87.1. The summed E-state index contributed by atoms with van der Waals surface area (Å²) in [7, 11) is 0. The van der Waals surface area contributed by atoms with E-state index in [0.29, 0.717) is 146 Å². The van der Waals surface area contributed by atoms with Crippen LogP contribution in [0.1, 0.15) is 114 Å². The summed E-state index contributed by atoms with van der Waals surface area (Å²) in [5, 5.41) is 43.9. The number of fused-ring (bicyclic) bond motifs is 4. The standard InChI is InChI=1S/C30H30FNO4S.2C29H27ClFNO4S.C29H27F2NO4S/c1-18-12-19(2)27(20(3)13-18)28(34)30-29(25-9-4-22(33)14-26(25)37-30)36-24-7-5-23(6-8-24)35-11-10-32-16-21(15-31)17-32;1-18-13-20(30)3-9-24(18)27(34)29-28(25-10-4-21(33)14-26(25)37-29)36-23-7-5-22(6-8-23)35-12-2-11-32-16-19(15-31)17-32;1-18-3-4-20(30)13-25(18)27(34)29-28(24-10-5-21(33)14-26(24)37-29)36-23-8-6-22(7-9-23)35-12-2-11-32-16-19(15-31)17-32;1-18-13-20(31)3-9-24(18)27(34)29-28(25-10-4-21(33)14-26(25)37-29)36-23-7-5-22(6-8-23)35-12-2-11-32-16-19(15-30)17-32/h4-9,12-14,21,33H,10-11,15-17H2,1-3H3;3*3-10,13-14,19,33H,2,11-12,15-17H2,1H3. The Balaban J connectivity index is 0.000000135. The highest BCUT2D eigenvalue weighted by Crippen LogP contribution is 2.49. The molecule has 8 heterocycles. The van der Waals surface area contributed by atoms with Gasteiger partial charge in [-0.15, -0.1) is 45.3 Å². The number of benzene rings is 12. The molecule has 4 aromatic heterocycles. The summed E-state index contributed by atoms with van der Waals surface area (Å²) in [6.45, 7) is 22.7. The fourth-order valence-electron chi connectivity index (χ4n) is 18.3. The molecule has 0 atom stereocenters. The predicted octanol–water partition coefficient (Wildman–Crippen LogP) is 28.1. The molecule has 4 aliphatic rings. The van der Waals surface area contributed by atoms with Crippen molar-refractivity contribution in [1.29, 1.82) is 0 Å². The van der Waals surface area contributed by atoms with Crippen LogP contribution in [0, 0.1) is 71.0 Å². The van der Waals surface area contributed by atoms with Gasteiger partial charge in [0.15, 0.2) is 23.0 Å². The number of nitrogens with zero attached hydrogens (tertiary/aromatic N) is 4. The number of likely N-dealkylation sites (tertiary alicyclic amines) is 4. The number of halogens is 7. The third-order valence-corrected chi connectivity index (χ3v) is 31.1. The molecule has 4 aliphatic heterocycles. The molecule has 4 fully saturated rings. The molecule has 20 nitrogen and oxygen atoms in total. The van der Waals surface area contributed by atoms with Crippen LogP contribution in [0.15, 0.2) is 237 Å². The molecule has 20 rings (SSSR count). The van der Waals surface area contributed by atoms with Crippen LogP contribution in [0.4, 0.5) is 22.0 Å². The first-order chi connectivity index (χ1) is 71.5. The number of phenolic OH excluding ortho intramolecular Hbond substituents is 4. The van der Waals surface area contributed by atoms with Crippen molar-refractivity contribution in [3.63, 3.8) is 0 Å². The van der Waals surface area contributed by atoms with Crippen LogP contribution < -0.4 is 37.9 Å². The molecule has 4 saturated heterocycles. The Kier molecular flexibility index (Phi) is 35.0. The van der Waals surface area contributed by atoms with Crippen molar-refractivity contribution in [3.05, 3.63) is 328 Å². The molecule has 148 heavy (non-hydrogen) atoms. The lowest BCUT2D eigenvalue weighted by molar-refractivity contribution is 0.0668. The topological polar surface area (TPSA) is 236 Å². The lowest BCUT2D eigenvalue weighted by Crippen LogP contribution is -2.49. The number of aryl methyl sites for hydroxylation is 6. The van der Waals surface area contributed by atoms with E-state index >= 15 is 0 Å². The molecule has 0 spiro atoms. The Morgan fingerprint density at radius 2 is 0.588 bits per heavy atom. The first kappa shape index (κ1) is 106. The first-order valence-corrected chi connectivity index (χ1v) is 52.9. The van der Waals surface area contributed by atoms with Gasteiger partial charge in [0.1, 0.15) is 101 Å². The second-order valence-electron chi connectivity index (χ2n) is 37.6. The number of phenols is 4. The Morgan fingerprint density at radius 1 is 0.304 bits per heavy atom. The lowest BCUT2D eigenvalue weighted by atomic mass is 9.95. The molecule has 0 aliphatic carbocycles. The number of aromatic hydroxyl groups is 4. The third kappa shape index (κ3) is 26.2. The van der Waals surface area contributed by atoms with E-state index < -0.39 is 5.82 Å². The van der Waals surface area contributed by atoms with Crippen LogP contribution in [-0.2, 0) is 0 Å². The van der Waals surface area contributed by atoms with Gasteiger partial charge in [0.2, 0.25) is 23.1 Å². The number of carbonyl (C=O) groups is 4. The molecule has 768 valence electrons. The second-order valence-corrected chi connectivity index (χ2v) is 42.7. The van der Waals surface area contributed by atoms with Crippen molar-refractivity contribution < 1.29 is 99.5 Å². The van der Waals surface area contributed by atoms with Gasteiger partial charge in [-0.3, -0.25) is 41.6 Å². The van der Waals surface area contributed by atoms with Crippen molar-refractivity contribution in [2.45, 2.75) is 60.8 Å². The molecule has 0 saturated carbocycles. The zero-order valence-electron chi connectivity index (χ0n) is 82.3. The molecule has 0 radical (unpaired) electrons. The van der Waals surface area contributed by atoms with E-state index in [0.717, 1.165) is 173 Å². The summed E-state index contributed by atoms with van der Waals surface area (Å²) < 4.78 is 115. The molecule has 0 unspecified atom stereocenters. The summed E-state index contributed by atoms with van der Waals surface area (Å²) in [4.78, 5) is 65.0. The Hall–Kier alpha value is -13.2. The van der Waals surface area contributed by atoms with Crippen LogP contribution in [0.2, 0.25) is 10.0 Å². The minimum Gasteiger partial charge on any atom is -0.508 e. The minimum atomic E-state index is -0.403. The number of ketones is 4. The van der Waals surface area contributed by atoms with Crippen LogP contribution >= 0.6 is 68.5 Å². The van der Waals surface area contributed by atoms with Crippen LogP contribution in [-0.4, -0.2) is 195 Å². The van der Waals surface area contributed by atoms with E-state index in [9.17, 15) is 61.6 Å². The minimum absolute atomic E-state index is 0.0911. The number of hydrogen-bond acceptors (Lipinski definition) is 24. The van der Waals surface area contributed by atoms with Gasteiger partial charge in [0.25, 0.3) is 0 Å². The number of hydrogen-bond donors (Lipinski definition) is 4. The van der Waals surface area contributed by atoms with Crippen LogP contribution in [0.5, 0.6) is 92.0 Å². The Morgan fingerprint density at radius 3 is 0.912 bits per heavy atom. The van der Waals surface area contributed by atoms with Crippen LogP contribution in [0.25, 0.3) is 40.3 Å². The van der Waals surface area contributed by atoms with Gasteiger partial charge in [0.05, 0.1) is 46.5 Å². The fraction of sp³-hybridized carbons (Fsp3) is 0.282. The molecule has 16 aromatic rings. The van der Waals surface area contributed by atoms with E-state index in [-0.39, 0.29) is 96.5 Å². The Labute approximate surface area is 880 Å². The predicted molar refractivity (Wildman–Crippen MR) is 577 cm³/mol. The number of rotatable bonds is 39. The van der Waals surface area contributed by atoms with Crippen molar-refractivity contribution >= 4 is 132 Å². The SMILES string of the molecule is Cc1cc(C)c(C(=O)c2sc3cc(O)ccc3c2Oc2ccc(OCCN3CC(CF)C3)cc2)c(C)c1.Cc1cc(Cl)ccc1C(=O)c1sc2cc(O)ccc2c1Oc1ccc(OCCCN2CC(CF)C2)cc1.Cc1cc(F)ccc1C(=O)c1sc2cc(O)ccc2c1Oc1ccc(OCCCN2CC(CF)C2)cc1.Cc1ccc(Cl)cc1C(=O)c1sc2cc(O)ccc2c1Oc1ccc(OCCCN2CC(CF)C2)cc1. The van der Waals surface area contributed by atoms with E-state index in [4.69, 9.17) is 61.1 Å². The van der Waals surface area contributed by atoms with Gasteiger partial charge >= 0.3 is 0 Å². The number of carbonyl (C=O) groups excluding carboxylic acids is 4. The maximum atomic E-state index is 13.8. The number of alkyl halides is 4. The fourth-order valence-corrected chi connectivity index (χ4v) is 23.2. The highest BCUT2D eigenvalue weighted by Gasteiger charge is 2.34. The Bertz CT molecular complexity index is 7190. The van der Waals surface area contributed by atoms with Gasteiger partial charge in [-0.05, 0) is 307 Å². The highest BCUT2D eigenvalue weighted by molar-refractivity contribution is 7.22. The van der Waals surface area contributed by atoms with Gasteiger partial charge < -0.3 is 73.0 Å². The molecular weight excluding hydrogens is 2010 g/mol. The van der Waals surface area contributed by atoms with Gasteiger partial charge in [-0.2, -0.15) is 0 Å². The van der Waals surface area contributed by atoms with Crippen molar-refractivity contribution in [2.75, 3.05) is 132 Å². The lowest BCUT2D eigenvalue weighted by Gasteiger charge is -2.37. The van der Waals surface area contributed by atoms with Crippen LogP contribution in [0.3, 0.4) is 0 Å². The van der Waals surface area contributed by atoms with E-state index in [2.05, 4.69) is 19.6 Å².